The fraction of sp³-hybridized carbons (Fsp3) is 0.500. The Kier molecular flexibility index (Phi) is 5.49. The maximum Gasteiger partial charge on any atom is 0.137 e. The molecule has 0 radical (unpaired) electrons. The van der Waals surface area contributed by atoms with Crippen LogP contribution in [0.4, 0.5) is 4.39 Å². The Hall–Kier alpha value is -0.560. The zero-order valence-electron chi connectivity index (χ0n) is 11.5. The van der Waals surface area contributed by atoms with Crippen molar-refractivity contribution in [1.82, 2.24) is 9.80 Å². The second kappa shape index (κ2) is 6.93. The molecule has 20 heavy (non-hydrogen) atoms. The zero-order chi connectivity index (χ0) is 14.7. The van der Waals surface area contributed by atoms with Crippen LogP contribution in [0.2, 0.25) is 0 Å². The number of thiocarbonyl (C=S) groups is 1. The molecule has 1 aliphatic rings. The summed E-state index contributed by atoms with van der Waals surface area (Å²) in [7, 11) is 0. The summed E-state index contributed by atoms with van der Waals surface area (Å²) in [6.07, 6.45) is 0. The van der Waals surface area contributed by atoms with Gasteiger partial charge in [0.1, 0.15) is 5.82 Å². The van der Waals surface area contributed by atoms with Gasteiger partial charge in [-0.3, -0.25) is 9.80 Å². The van der Waals surface area contributed by atoms with Crippen LogP contribution in [0.15, 0.2) is 22.7 Å². The highest BCUT2D eigenvalue weighted by Crippen LogP contribution is 2.22. The zero-order valence-corrected chi connectivity index (χ0v) is 13.9. The molecule has 0 spiro atoms. The van der Waals surface area contributed by atoms with Gasteiger partial charge in [0.25, 0.3) is 0 Å². The number of halogens is 2. The van der Waals surface area contributed by atoms with Crippen LogP contribution in [0.3, 0.4) is 0 Å². The largest absolute Gasteiger partial charge is 0.392 e. The molecule has 2 rings (SSSR count). The molecule has 1 heterocycles. The monoisotopic (exact) mass is 359 g/mol. The van der Waals surface area contributed by atoms with Crippen molar-refractivity contribution in [2.45, 2.75) is 19.5 Å². The van der Waals surface area contributed by atoms with Crippen LogP contribution in [0.25, 0.3) is 0 Å². The predicted octanol–water partition coefficient (Wildman–Crippen LogP) is 2.38. The van der Waals surface area contributed by atoms with E-state index >= 15 is 0 Å². The average Bonchev–Trinajstić information content (AvgIpc) is 2.44. The van der Waals surface area contributed by atoms with E-state index in [2.05, 4.69) is 25.7 Å². The molecule has 0 aromatic heterocycles. The van der Waals surface area contributed by atoms with Crippen LogP contribution in [0.1, 0.15) is 12.5 Å². The van der Waals surface area contributed by atoms with Crippen molar-refractivity contribution >= 4 is 33.1 Å². The average molecular weight is 360 g/mol. The first-order valence-corrected chi connectivity index (χ1v) is 7.87. The molecule has 110 valence electrons. The maximum absolute atomic E-state index is 13.5. The minimum Gasteiger partial charge on any atom is -0.392 e. The van der Waals surface area contributed by atoms with Crippen LogP contribution in [0, 0.1) is 5.82 Å². The number of nitrogens with zero attached hydrogens (tertiary/aromatic N) is 2. The van der Waals surface area contributed by atoms with E-state index in [0.29, 0.717) is 9.46 Å². The predicted molar refractivity (Wildman–Crippen MR) is 87.2 cm³/mol. The smallest absolute Gasteiger partial charge is 0.137 e. The van der Waals surface area contributed by atoms with Gasteiger partial charge in [-0.05, 0) is 34.5 Å². The lowest BCUT2D eigenvalue weighted by Crippen LogP contribution is -2.52. The van der Waals surface area contributed by atoms with Crippen molar-refractivity contribution in [2.75, 3.05) is 26.2 Å². The molecule has 3 nitrogen and oxygen atoms in total. The lowest BCUT2D eigenvalue weighted by atomic mass is 10.1. The molecule has 1 saturated heterocycles. The van der Waals surface area contributed by atoms with Crippen LogP contribution in [-0.4, -0.2) is 47.0 Å². The van der Waals surface area contributed by atoms with Gasteiger partial charge in [0.05, 0.1) is 15.5 Å². The molecular weight excluding hydrogens is 341 g/mol. The van der Waals surface area contributed by atoms with Gasteiger partial charge in [-0.25, -0.2) is 4.39 Å². The van der Waals surface area contributed by atoms with E-state index in [9.17, 15) is 4.39 Å². The molecule has 2 N–H and O–H groups in total. The third-order valence-corrected chi connectivity index (χ3v) is 5.02. The van der Waals surface area contributed by atoms with Gasteiger partial charge >= 0.3 is 0 Å². The molecule has 1 atom stereocenters. The van der Waals surface area contributed by atoms with Crippen molar-refractivity contribution in [1.29, 1.82) is 0 Å². The van der Waals surface area contributed by atoms with Gasteiger partial charge in [0.2, 0.25) is 0 Å². The van der Waals surface area contributed by atoms with Gasteiger partial charge < -0.3 is 5.73 Å². The Labute approximate surface area is 133 Å². The molecule has 0 amide bonds. The summed E-state index contributed by atoms with van der Waals surface area (Å²) in [5.41, 5.74) is 6.68. The molecule has 1 unspecified atom stereocenters. The van der Waals surface area contributed by atoms with E-state index in [0.717, 1.165) is 38.3 Å². The van der Waals surface area contributed by atoms with Crippen molar-refractivity contribution < 1.29 is 4.39 Å². The van der Waals surface area contributed by atoms with Crippen molar-refractivity contribution in [2.24, 2.45) is 5.73 Å². The Morgan fingerprint density at radius 1 is 1.40 bits per heavy atom. The minimum atomic E-state index is -0.205. The fourth-order valence-electron chi connectivity index (χ4n) is 2.40. The quantitative estimate of drug-likeness (QED) is 0.836. The van der Waals surface area contributed by atoms with Crippen molar-refractivity contribution in [3.63, 3.8) is 0 Å². The van der Waals surface area contributed by atoms with Crippen LogP contribution < -0.4 is 5.73 Å². The molecule has 0 aliphatic carbocycles. The molecule has 1 aromatic rings. The highest BCUT2D eigenvalue weighted by Gasteiger charge is 2.22. The first-order chi connectivity index (χ1) is 9.49. The molecule has 0 bridgehead atoms. The van der Waals surface area contributed by atoms with Crippen molar-refractivity contribution in [3.8, 4) is 0 Å². The van der Waals surface area contributed by atoms with E-state index in [1.165, 1.54) is 6.07 Å². The highest BCUT2D eigenvalue weighted by molar-refractivity contribution is 9.10. The Balaban J connectivity index is 1.92. The molecular formula is C14H19BrFN3S. The van der Waals surface area contributed by atoms with E-state index in [1.807, 2.05) is 13.0 Å². The summed E-state index contributed by atoms with van der Waals surface area (Å²) in [5, 5.41) is 0. The highest BCUT2D eigenvalue weighted by atomic mass is 79.9. The third kappa shape index (κ3) is 3.75. The van der Waals surface area contributed by atoms with E-state index < -0.39 is 0 Å². The number of hydrogen-bond acceptors (Lipinski definition) is 3. The van der Waals surface area contributed by atoms with Crippen molar-refractivity contribution in [3.05, 3.63) is 34.1 Å². The normalized spacial score (nSPS) is 18.9. The molecule has 1 aromatic carbocycles. The molecule has 0 saturated carbocycles. The summed E-state index contributed by atoms with van der Waals surface area (Å²) in [4.78, 5) is 5.16. The number of rotatable bonds is 4. The SMILES string of the molecule is CC(C(N)=S)N1CCN(Cc2cccc(F)c2Br)CC1. The van der Waals surface area contributed by atoms with Crippen LogP contribution in [-0.2, 0) is 6.54 Å². The van der Waals surface area contributed by atoms with E-state index in [4.69, 9.17) is 18.0 Å². The molecule has 6 heteroatoms. The van der Waals surface area contributed by atoms with Gasteiger partial charge in [-0.15, -0.1) is 0 Å². The minimum absolute atomic E-state index is 0.146. The third-order valence-electron chi connectivity index (χ3n) is 3.79. The maximum atomic E-state index is 13.5. The van der Waals surface area contributed by atoms with Gasteiger partial charge in [0.15, 0.2) is 0 Å². The fourth-order valence-corrected chi connectivity index (χ4v) is 2.94. The lowest BCUT2D eigenvalue weighted by molar-refractivity contribution is 0.117. The second-order valence-electron chi connectivity index (χ2n) is 5.10. The Bertz CT molecular complexity index is 489. The first-order valence-electron chi connectivity index (χ1n) is 6.67. The second-order valence-corrected chi connectivity index (χ2v) is 6.37. The van der Waals surface area contributed by atoms with Crippen LogP contribution >= 0.6 is 28.1 Å². The van der Waals surface area contributed by atoms with E-state index in [-0.39, 0.29) is 11.9 Å². The number of piperazine rings is 1. The number of nitrogens with two attached hydrogens (primary N) is 1. The molecule has 1 fully saturated rings. The Morgan fingerprint density at radius 3 is 2.65 bits per heavy atom. The topological polar surface area (TPSA) is 32.5 Å². The summed E-state index contributed by atoms with van der Waals surface area (Å²) in [5.74, 6) is -0.205. The van der Waals surface area contributed by atoms with Gasteiger partial charge in [0, 0.05) is 32.7 Å². The summed E-state index contributed by atoms with van der Waals surface area (Å²) in [6.45, 7) is 6.55. The first kappa shape index (κ1) is 15.8. The number of hydrogen-bond donors (Lipinski definition) is 1. The summed E-state index contributed by atoms with van der Waals surface area (Å²) in [6, 6.07) is 5.32. The standard InChI is InChI=1S/C14H19BrFN3S/c1-10(14(17)20)19-7-5-18(6-8-19)9-11-3-2-4-12(16)13(11)15/h2-4,10H,5-9H2,1H3,(H2,17,20). The van der Waals surface area contributed by atoms with Gasteiger partial charge in [-0.1, -0.05) is 24.4 Å². The molecule has 1 aliphatic heterocycles. The summed E-state index contributed by atoms with van der Waals surface area (Å²) < 4.78 is 14.1. The van der Waals surface area contributed by atoms with E-state index in [1.54, 1.807) is 6.07 Å². The summed E-state index contributed by atoms with van der Waals surface area (Å²) >= 11 is 8.35. The van der Waals surface area contributed by atoms with Crippen LogP contribution in [0.5, 0.6) is 0 Å². The number of benzene rings is 1. The lowest BCUT2D eigenvalue weighted by Gasteiger charge is -2.37. The Morgan fingerprint density at radius 2 is 2.05 bits per heavy atom. The van der Waals surface area contributed by atoms with Gasteiger partial charge in [-0.2, -0.15) is 0 Å².